The van der Waals surface area contributed by atoms with Gasteiger partial charge in [-0.3, -0.25) is 0 Å². The molecule has 1 fully saturated rings. The zero-order valence-electron chi connectivity index (χ0n) is 13.2. The van der Waals surface area contributed by atoms with Gasteiger partial charge >= 0.3 is 0 Å². The Balaban J connectivity index is 1.71. The molecule has 1 aromatic carbocycles. The van der Waals surface area contributed by atoms with Crippen molar-refractivity contribution >= 4 is 10.0 Å². The van der Waals surface area contributed by atoms with E-state index in [-0.39, 0.29) is 11.9 Å². The number of sulfonamides is 1. The molecule has 0 spiro atoms. The van der Waals surface area contributed by atoms with E-state index in [1.54, 1.807) is 0 Å². The highest BCUT2D eigenvalue weighted by Gasteiger charge is 2.35. The molecule has 122 valence electrons. The predicted octanol–water partition coefficient (Wildman–Crippen LogP) is 2.73. The van der Waals surface area contributed by atoms with Crippen LogP contribution in [0.4, 0.5) is 0 Å². The van der Waals surface area contributed by atoms with Crippen molar-refractivity contribution in [1.29, 1.82) is 0 Å². The first-order valence-corrected chi connectivity index (χ1v) is 9.85. The van der Waals surface area contributed by atoms with Crippen molar-refractivity contribution in [2.24, 2.45) is 0 Å². The molecule has 0 aromatic heterocycles. The smallest absolute Gasteiger partial charge is 0.212 e. The van der Waals surface area contributed by atoms with Crippen LogP contribution in [0, 0.1) is 0 Å². The quantitative estimate of drug-likeness (QED) is 0.906. The van der Waals surface area contributed by atoms with Crippen molar-refractivity contribution in [3.8, 4) is 0 Å². The molecule has 1 N–H and O–H groups in total. The van der Waals surface area contributed by atoms with Gasteiger partial charge in [0.25, 0.3) is 0 Å². The molecule has 2 aliphatic rings. The topological polar surface area (TPSA) is 55.4 Å². The Morgan fingerprint density at radius 1 is 1.32 bits per heavy atom. The summed E-state index contributed by atoms with van der Waals surface area (Å²) in [6, 6.07) is 8.17. The molecule has 1 heterocycles. The lowest BCUT2D eigenvalue weighted by Gasteiger charge is -2.36. The second-order valence-corrected chi connectivity index (χ2v) is 8.53. The van der Waals surface area contributed by atoms with E-state index in [9.17, 15) is 8.42 Å². The van der Waals surface area contributed by atoms with Crippen LogP contribution in [0.2, 0.25) is 0 Å². The molecule has 1 aliphatic carbocycles. The zero-order valence-corrected chi connectivity index (χ0v) is 14.0. The van der Waals surface area contributed by atoms with E-state index in [2.05, 4.69) is 16.9 Å². The number of rotatable bonds is 5. The Labute approximate surface area is 133 Å². The molecule has 0 saturated carbocycles. The summed E-state index contributed by atoms with van der Waals surface area (Å²) in [6.07, 6.45) is 5.63. The minimum atomic E-state index is -3.30. The number of aryl methyl sites for hydroxylation is 1. The van der Waals surface area contributed by atoms with E-state index in [4.69, 9.17) is 4.74 Å². The van der Waals surface area contributed by atoms with Crippen LogP contribution in [0.1, 0.15) is 50.2 Å². The van der Waals surface area contributed by atoms with Crippen molar-refractivity contribution in [3.05, 3.63) is 35.4 Å². The average Bonchev–Trinajstić information content (AvgIpc) is 2.98. The molecule has 0 unspecified atom stereocenters. The second kappa shape index (κ2) is 6.30. The summed E-state index contributed by atoms with van der Waals surface area (Å²) in [4.78, 5) is 0. The molecule has 3 rings (SSSR count). The van der Waals surface area contributed by atoms with Crippen LogP contribution in [0.25, 0.3) is 0 Å². The molecule has 5 heteroatoms. The van der Waals surface area contributed by atoms with Gasteiger partial charge in [0.2, 0.25) is 10.0 Å². The van der Waals surface area contributed by atoms with E-state index in [1.165, 1.54) is 5.56 Å². The van der Waals surface area contributed by atoms with Gasteiger partial charge in [-0.15, -0.1) is 0 Å². The molecule has 2 atom stereocenters. The van der Waals surface area contributed by atoms with Crippen molar-refractivity contribution in [2.75, 3.05) is 12.4 Å². The second-order valence-electron chi connectivity index (χ2n) is 6.69. The summed E-state index contributed by atoms with van der Waals surface area (Å²) < 4.78 is 33.5. The molecule has 1 aliphatic heterocycles. The number of fused-ring (bicyclic) bond motifs is 1. The van der Waals surface area contributed by atoms with E-state index < -0.39 is 15.6 Å². The molecular weight excluding hydrogens is 298 g/mol. The molecule has 0 amide bonds. The van der Waals surface area contributed by atoms with Gasteiger partial charge in [0.1, 0.15) is 0 Å². The summed E-state index contributed by atoms with van der Waals surface area (Å²) in [7, 11) is -3.30. The van der Waals surface area contributed by atoms with Crippen LogP contribution in [0.15, 0.2) is 24.3 Å². The monoisotopic (exact) mass is 323 g/mol. The molecule has 22 heavy (non-hydrogen) atoms. The van der Waals surface area contributed by atoms with Crippen LogP contribution >= 0.6 is 0 Å². The van der Waals surface area contributed by atoms with Gasteiger partial charge < -0.3 is 4.74 Å². The SMILES string of the molecule is C[C@@]1(NS(=O)(=O)CC[C@@H]2CCCO2)CCCc2ccccc21. The Kier molecular flexibility index (Phi) is 4.57. The van der Waals surface area contributed by atoms with Crippen LogP contribution in [-0.2, 0) is 26.7 Å². The molecular formula is C17H25NO3S. The number of hydrogen-bond donors (Lipinski definition) is 1. The minimum Gasteiger partial charge on any atom is -0.378 e. The lowest BCUT2D eigenvalue weighted by molar-refractivity contribution is 0.108. The van der Waals surface area contributed by atoms with Crippen molar-refractivity contribution in [1.82, 2.24) is 4.72 Å². The van der Waals surface area contributed by atoms with Gasteiger partial charge in [0, 0.05) is 6.61 Å². The van der Waals surface area contributed by atoms with Crippen molar-refractivity contribution < 1.29 is 13.2 Å². The highest BCUT2D eigenvalue weighted by Crippen LogP contribution is 2.35. The maximum atomic E-state index is 12.5. The lowest BCUT2D eigenvalue weighted by Crippen LogP contribution is -2.46. The number of hydrogen-bond acceptors (Lipinski definition) is 3. The normalized spacial score (nSPS) is 28.5. The van der Waals surface area contributed by atoms with Crippen LogP contribution in [-0.4, -0.2) is 26.9 Å². The summed E-state index contributed by atoms with van der Waals surface area (Å²) in [5.74, 6) is 0.148. The third-order valence-electron chi connectivity index (χ3n) is 4.85. The van der Waals surface area contributed by atoms with Crippen molar-refractivity contribution in [3.63, 3.8) is 0 Å². The lowest BCUT2D eigenvalue weighted by atomic mass is 9.79. The Morgan fingerprint density at radius 2 is 2.14 bits per heavy atom. The fraction of sp³-hybridized carbons (Fsp3) is 0.647. The highest BCUT2D eigenvalue weighted by atomic mass is 32.2. The summed E-state index contributed by atoms with van der Waals surface area (Å²) in [5, 5.41) is 0. The third kappa shape index (κ3) is 3.53. The Morgan fingerprint density at radius 3 is 2.91 bits per heavy atom. The van der Waals surface area contributed by atoms with Crippen LogP contribution in [0.5, 0.6) is 0 Å². The molecule has 1 aromatic rings. The predicted molar refractivity (Wildman–Crippen MR) is 87.2 cm³/mol. The highest BCUT2D eigenvalue weighted by molar-refractivity contribution is 7.89. The Hall–Kier alpha value is -0.910. The van der Waals surface area contributed by atoms with Gasteiger partial charge in [0.15, 0.2) is 0 Å². The van der Waals surface area contributed by atoms with Gasteiger partial charge in [0.05, 0.1) is 17.4 Å². The first-order chi connectivity index (χ1) is 10.5. The molecule has 0 radical (unpaired) electrons. The van der Waals surface area contributed by atoms with Crippen molar-refractivity contribution in [2.45, 2.75) is 57.1 Å². The van der Waals surface area contributed by atoms with Gasteiger partial charge in [-0.2, -0.15) is 0 Å². The van der Waals surface area contributed by atoms with Gasteiger partial charge in [-0.1, -0.05) is 24.3 Å². The minimum absolute atomic E-state index is 0.114. The first-order valence-electron chi connectivity index (χ1n) is 8.20. The number of benzene rings is 1. The third-order valence-corrected chi connectivity index (χ3v) is 6.38. The van der Waals surface area contributed by atoms with E-state index in [0.29, 0.717) is 6.42 Å². The van der Waals surface area contributed by atoms with E-state index in [0.717, 1.165) is 44.3 Å². The van der Waals surface area contributed by atoms with E-state index >= 15 is 0 Å². The van der Waals surface area contributed by atoms with Gasteiger partial charge in [-0.25, -0.2) is 13.1 Å². The summed E-state index contributed by atoms with van der Waals surface area (Å²) in [6.45, 7) is 2.78. The number of ether oxygens (including phenoxy) is 1. The summed E-state index contributed by atoms with van der Waals surface area (Å²) >= 11 is 0. The van der Waals surface area contributed by atoms with Crippen LogP contribution in [0.3, 0.4) is 0 Å². The summed E-state index contributed by atoms with van der Waals surface area (Å²) in [5.41, 5.74) is 1.91. The van der Waals surface area contributed by atoms with E-state index in [1.807, 2.05) is 19.1 Å². The number of nitrogens with one attached hydrogen (secondary N) is 1. The fourth-order valence-corrected chi connectivity index (χ4v) is 5.28. The maximum absolute atomic E-state index is 12.5. The van der Waals surface area contributed by atoms with Gasteiger partial charge in [-0.05, 0) is 56.6 Å². The first kappa shape index (κ1) is 16.0. The molecule has 1 saturated heterocycles. The molecule has 4 nitrogen and oxygen atoms in total. The molecule has 0 bridgehead atoms. The largest absolute Gasteiger partial charge is 0.378 e. The standard InChI is InChI=1S/C17H25NO3S/c1-17(11-4-7-14-6-2-3-9-16(14)17)18-22(19,20)13-10-15-8-5-12-21-15/h2-3,6,9,15,18H,4-5,7-8,10-13H2,1H3/t15-,17+/m0/s1. The maximum Gasteiger partial charge on any atom is 0.212 e. The zero-order chi connectivity index (χ0) is 15.6. The fourth-order valence-electron chi connectivity index (χ4n) is 3.70. The average molecular weight is 323 g/mol. The van der Waals surface area contributed by atoms with Crippen LogP contribution < -0.4 is 4.72 Å². The Bertz CT molecular complexity index is 623.